The van der Waals surface area contributed by atoms with Gasteiger partial charge in [-0.2, -0.15) is 5.10 Å². The van der Waals surface area contributed by atoms with Gasteiger partial charge in [0.15, 0.2) is 11.5 Å². The van der Waals surface area contributed by atoms with Gasteiger partial charge in [0.1, 0.15) is 11.9 Å². The van der Waals surface area contributed by atoms with Crippen molar-refractivity contribution >= 4 is 23.3 Å². The van der Waals surface area contributed by atoms with Crippen molar-refractivity contribution in [1.82, 2.24) is 9.78 Å². The first-order chi connectivity index (χ1) is 14.5. The van der Waals surface area contributed by atoms with Crippen LogP contribution in [-0.2, 0) is 9.59 Å². The highest BCUT2D eigenvalue weighted by Crippen LogP contribution is 2.39. The van der Waals surface area contributed by atoms with Crippen molar-refractivity contribution in [2.45, 2.75) is 19.4 Å². The Balaban J connectivity index is 1.56. The molecule has 2 amide bonds. The molecule has 154 valence electrons. The third-order valence-electron chi connectivity index (χ3n) is 5.01. The van der Waals surface area contributed by atoms with Crippen molar-refractivity contribution in [1.29, 1.82) is 0 Å². The van der Waals surface area contributed by atoms with E-state index in [0.717, 1.165) is 16.7 Å². The number of methoxy groups -OCH3 is 2. The van der Waals surface area contributed by atoms with E-state index < -0.39 is 6.04 Å². The van der Waals surface area contributed by atoms with Crippen LogP contribution in [0.4, 0.5) is 11.5 Å². The number of nitrogens with one attached hydrogen (secondary N) is 2. The van der Waals surface area contributed by atoms with Gasteiger partial charge in [-0.05, 0) is 42.3 Å². The molecule has 0 saturated carbocycles. The highest BCUT2D eigenvalue weighted by molar-refractivity contribution is 6.04. The molecule has 1 aliphatic heterocycles. The van der Waals surface area contributed by atoms with E-state index in [1.54, 1.807) is 31.2 Å². The zero-order chi connectivity index (χ0) is 21.3. The molecule has 0 saturated heterocycles. The molecule has 0 spiro atoms. The van der Waals surface area contributed by atoms with Crippen LogP contribution in [0.15, 0.2) is 48.7 Å². The molecule has 3 aromatic rings. The Labute approximate surface area is 173 Å². The van der Waals surface area contributed by atoms with E-state index in [9.17, 15) is 9.59 Å². The van der Waals surface area contributed by atoms with E-state index in [-0.39, 0.29) is 18.2 Å². The summed E-state index contributed by atoms with van der Waals surface area (Å²) < 4.78 is 12.2. The number of ether oxygens (including phenoxy) is 2. The van der Waals surface area contributed by atoms with Crippen LogP contribution in [0.5, 0.6) is 11.5 Å². The molecule has 1 aliphatic rings. The van der Waals surface area contributed by atoms with Gasteiger partial charge in [0.05, 0.1) is 26.8 Å². The number of rotatable bonds is 6. The largest absolute Gasteiger partial charge is 0.493 e. The van der Waals surface area contributed by atoms with Gasteiger partial charge in [-0.1, -0.05) is 18.2 Å². The van der Waals surface area contributed by atoms with E-state index in [1.807, 2.05) is 43.3 Å². The van der Waals surface area contributed by atoms with Gasteiger partial charge >= 0.3 is 0 Å². The SMILES string of the molecule is COc1ccc(-c2cnn3c2NC(=O)C3CC(=O)Nc2cccc(C)c2)cc1OC. The van der Waals surface area contributed by atoms with Gasteiger partial charge < -0.3 is 20.1 Å². The lowest BCUT2D eigenvalue weighted by Crippen LogP contribution is -2.23. The van der Waals surface area contributed by atoms with Crippen LogP contribution in [0, 0.1) is 6.92 Å². The average Bonchev–Trinajstić information content (AvgIpc) is 3.27. The minimum absolute atomic E-state index is 0.0141. The van der Waals surface area contributed by atoms with Gasteiger partial charge in [-0.25, -0.2) is 4.68 Å². The first-order valence-electron chi connectivity index (χ1n) is 9.47. The fourth-order valence-electron chi connectivity index (χ4n) is 3.54. The van der Waals surface area contributed by atoms with Crippen molar-refractivity contribution in [3.05, 3.63) is 54.2 Å². The molecule has 4 rings (SSSR count). The Bertz CT molecular complexity index is 1120. The summed E-state index contributed by atoms with van der Waals surface area (Å²) in [5.41, 5.74) is 3.30. The molecule has 0 radical (unpaired) electrons. The summed E-state index contributed by atoms with van der Waals surface area (Å²) in [6.45, 7) is 1.95. The maximum absolute atomic E-state index is 12.5. The molecule has 8 heteroatoms. The molecule has 2 aromatic carbocycles. The van der Waals surface area contributed by atoms with Crippen LogP contribution < -0.4 is 20.1 Å². The van der Waals surface area contributed by atoms with Crippen molar-refractivity contribution in [3.63, 3.8) is 0 Å². The second kappa shape index (κ2) is 7.90. The molecule has 1 unspecified atom stereocenters. The zero-order valence-corrected chi connectivity index (χ0v) is 16.9. The number of carbonyl (C=O) groups excluding carboxylic acids is 2. The first kappa shape index (κ1) is 19.5. The maximum atomic E-state index is 12.5. The third-order valence-corrected chi connectivity index (χ3v) is 5.01. The zero-order valence-electron chi connectivity index (χ0n) is 16.9. The van der Waals surface area contributed by atoms with E-state index in [2.05, 4.69) is 15.7 Å². The molecule has 2 N–H and O–H groups in total. The topological polar surface area (TPSA) is 94.5 Å². The first-order valence-corrected chi connectivity index (χ1v) is 9.47. The standard InChI is InChI=1S/C22H22N4O4/c1-13-5-4-6-15(9-13)24-20(27)11-17-22(28)25-21-16(12-23-26(17)21)14-7-8-18(29-2)19(10-14)30-3/h4-10,12,17H,11H2,1-3H3,(H,24,27)(H,25,28). The summed E-state index contributed by atoms with van der Waals surface area (Å²) in [7, 11) is 3.14. The van der Waals surface area contributed by atoms with Gasteiger partial charge in [0.25, 0.3) is 5.91 Å². The molecular formula is C22H22N4O4. The van der Waals surface area contributed by atoms with Crippen molar-refractivity contribution < 1.29 is 19.1 Å². The molecule has 2 heterocycles. The van der Waals surface area contributed by atoms with Gasteiger partial charge in [0.2, 0.25) is 5.91 Å². The summed E-state index contributed by atoms with van der Waals surface area (Å²) in [5, 5.41) is 10.0. The van der Waals surface area contributed by atoms with E-state index in [0.29, 0.717) is 23.0 Å². The molecule has 1 aromatic heterocycles. The number of fused-ring (bicyclic) bond motifs is 1. The number of benzene rings is 2. The number of amides is 2. The summed E-state index contributed by atoms with van der Waals surface area (Å²) in [5.74, 6) is 1.23. The Morgan fingerprint density at radius 2 is 1.97 bits per heavy atom. The van der Waals surface area contributed by atoms with Crippen LogP contribution in [0.3, 0.4) is 0 Å². The number of hydrogen-bond donors (Lipinski definition) is 2. The van der Waals surface area contributed by atoms with Crippen LogP contribution in [0.2, 0.25) is 0 Å². The summed E-state index contributed by atoms with van der Waals surface area (Å²) in [6, 6.07) is 12.3. The lowest BCUT2D eigenvalue weighted by Gasteiger charge is -2.10. The fourth-order valence-corrected chi connectivity index (χ4v) is 3.54. The lowest BCUT2D eigenvalue weighted by molar-refractivity contribution is -0.123. The monoisotopic (exact) mass is 406 g/mol. The lowest BCUT2D eigenvalue weighted by atomic mass is 10.1. The Morgan fingerprint density at radius 1 is 1.17 bits per heavy atom. The number of anilines is 2. The quantitative estimate of drug-likeness (QED) is 0.654. The van der Waals surface area contributed by atoms with Crippen LogP contribution in [0.1, 0.15) is 18.0 Å². The Hall–Kier alpha value is -3.81. The summed E-state index contributed by atoms with van der Waals surface area (Å²) >= 11 is 0. The number of hydrogen-bond acceptors (Lipinski definition) is 5. The highest BCUT2D eigenvalue weighted by Gasteiger charge is 2.35. The van der Waals surface area contributed by atoms with Gasteiger partial charge in [-0.3, -0.25) is 9.59 Å². The Morgan fingerprint density at radius 3 is 2.70 bits per heavy atom. The molecule has 0 aliphatic carbocycles. The van der Waals surface area contributed by atoms with E-state index >= 15 is 0 Å². The summed E-state index contributed by atoms with van der Waals surface area (Å²) in [4.78, 5) is 25.0. The Kier molecular flexibility index (Phi) is 5.14. The summed E-state index contributed by atoms with van der Waals surface area (Å²) in [6.07, 6.45) is 1.65. The van der Waals surface area contributed by atoms with Crippen LogP contribution in [0.25, 0.3) is 11.1 Å². The van der Waals surface area contributed by atoms with Crippen LogP contribution >= 0.6 is 0 Å². The van der Waals surface area contributed by atoms with Crippen molar-refractivity contribution in [3.8, 4) is 22.6 Å². The molecule has 0 bridgehead atoms. The predicted octanol–water partition coefficient (Wildman–Crippen LogP) is 3.40. The van der Waals surface area contributed by atoms with Gasteiger partial charge in [-0.15, -0.1) is 0 Å². The van der Waals surface area contributed by atoms with E-state index in [1.165, 1.54) is 0 Å². The minimum atomic E-state index is -0.710. The molecule has 1 atom stereocenters. The van der Waals surface area contributed by atoms with Gasteiger partial charge in [0, 0.05) is 11.3 Å². The number of carbonyl (C=O) groups is 2. The third kappa shape index (κ3) is 3.59. The number of aryl methyl sites for hydroxylation is 1. The van der Waals surface area contributed by atoms with Crippen molar-refractivity contribution in [2.75, 3.05) is 24.9 Å². The number of nitrogens with zero attached hydrogens (tertiary/aromatic N) is 2. The average molecular weight is 406 g/mol. The second-order valence-electron chi connectivity index (χ2n) is 7.05. The molecule has 0 fully saturated rings. The minimum Gasteiger partial charge on any atom is -0.493 e. The fraction of sp³-hybridized carbons (Fsp3) is 0.227. The van der Waals surface area contributed by atoms with E-state index in [4.69, 9.17) is 9.47 Å². The molecule has 30 heavy (non-hydrogen) atoms. The maximum Gasteiger partial charge on any atom is 0.251 e. The number of aromatic nitrogens is 2. The smallest absolute Gasteiger partial charge is 0.251 e. The van der Waals surface area contributed by atoms with Crippen LogP contribution in [-0.4, -0.2) is 35.8 Å². The van der Waals surface area contributed by atoms with Crippen molar-refractivity contribution in [2.24, 2.45) is 0 Å². The normalized spacial score (nSPS) is 14.8. The second-order valence-corrected chi connectivity index (χ2v) is 7.05. The molecule has 8 nitrogen and oxygen atoms in total. The predicted molar refractivity (Wildman–Crippen MR) is 113 cm³/mol. The highest BCUT2D eigenvalue weighted by atomic mass is 16.5. The molecular weight excluding hydrogens is 384 g/mol.